The molecule has 0 fully saturated rings. The van der Waals surface area contributed by atoms with Gasteiger partial charge in [-0.3, -0.25) is 0 Å². The maximum atomic E-state index is 13.1. The molecule has 0 saturated heterocycles. The summed E-state index contributed by atoms with van der Waals surface area (Å²) in [6.45, 7) is 7.63. The minimum atomic E-state index is -0.787. The first kappa shape index (κ1) is 26.2. The Morgan fingerprint density at radius 3 is 2.00 bits per heavy atom. The number of methoxy groups -OCH3 is 1. The molecule has 0 unspecified atom stereocenters. The van der Waals surface area contributed by atoms with Gasteiger partial charge >= 0.3 is 11.9 Å². The van der Waals surface area contributed by atoms with Crippen molar-refractivity contribution in [2.24, 2.45) is 0 Å². The summed E-state index contributed by atoms with van der Waals surface area (Å²) in [5.74, 6) is -0.950. The van der Waals surface area contributed by atoms with Crippen LogP contribution in [0.1, 0.15) is 44.7 Å². The second kappa shape index (κ2) is 11.8. The number of carbonyl (C=O) groups is 2. The third-order valence-corrected chi connectivity index (χ3v) is 5.84. The fraction of sp³-hybridized carbons (Fsp3) is 0.333. The Hall–Kier alpha value is -3.45. The van der Waals surface area contributed by atoms with E-state index in [0.29, 0.717) is 44.6 Å². The highest BCUT2D eigenvalue weighted by atomic mass is 35.5. The molecule has 0 aromatic heterocycles. The van der Waals surface area contributed by atoms with Crippen molar-refractivity contribution in [3.05, 3.63) is 81.2 Å². The molecule has 1 aliphatic heterocycles. The van der Waals surface area contributed by atoms with Crippen LogP contribution >= 0.6 is 11.6 Å². The lowest BCUT2D eigenvalue weighted by Crippen LogP contribution is -2.32. The van der Waals surface area contributed by atoms with Crippen molar-refractivity contribution in [1.82, 2.24) is 5.32 Å². The van der Waals surface area contributed by atoms with Crippen molar-refractivity contribution >= 4 is 23.5 Å². The van der Waals surface area contributed by atoms with Crippen LogP contribution in [0.25, 0.3) is 0 Å². The van der Waals surface area contributed by atoms with Gasteiger partial charge in [-0.15, -0.1) is 0 Å². The van der Waals surface area contributed by atoms with Crippen LogP contribution < -0.4 is 14.8 Å². The van der Waals surface area contributed by atoms with E-state index in [1.54, 1.807) is 52.0 Å². The molecule has 0 atom stereocenters. The summed E-state index contributed by atoms with van der Waals surface area (Å²) in [6, 6.07) is 12.7. The van der Waals surface area contributed by atoms with Crippen LogP contribution in [-0.4, -0.2) is 32.3 Å². The minimum absolute atomic E-state index is 0.192. The highest BCUT2D eigenvalue weighted by Crippen LogP contribution is 2.46. The van der Waals surface area contributed by atoms with Crippen molar-refractivity contribution < 1.29 is 28.5 Å². The molecule has 1 heterocycles. The summed E-state index contributed by atoms with van der Waals surface area (Å²) >= 11 is 6.01. The molecule has 2 aromatic carbocycles. The molecule has 7 nitrogen and oxygen atoms in total. The number of rotatable bonds is 9. The number of halogens is 1. The Balaban J connectivity index is 2.17. The quantitative estimate of drug-likeness (QED) is 0.469. The molecule has 0 radical (unpaired) electrons. The standard InChI is InChI=1S/C27H30ClNO6/c1-6-33-26(30)22-16(3)29-17(4)23(27(31)34-7-2)24(22)20-9-8-10-21(32-5)25(20)35-15-18-11-13-19(28)14-12-18/h8-14,24,29H,6-7,15H2,1-5H3. The molecule has 0 aliphatic carbocycles. The average Bonchev–Trinajstić information content (AvgIpc) is 2.83. The summed E-state index contributed by atoms with van der Waals surface area (Å²) in [5, 5.41) is 3.77. The normalized spacial score (nSPS) is 13.9. The smallest absolute Gasteiger partial charge is 0.336 e. The van der Waals surface area contributed by atoms with Gasteiger partial charge in [0, 0.05) is 22.0 Å². The number of dihydropyridines is 1. The summed E-state index contributed by atoms with van der Waals surface area (Å²) in [4.78, 5) is 26.2. The van der Waals surface area contributed by atoms with E-state index in [0.717, 1.165) is 5.56 Å². The average molecular weight is 500 g/mol. The van der Waals surface area contributed by atoms with Crippen molar-refractivity contribution in [3.8, 4) is 11.5 Å². The van der Waals surface area contributed by atoms with Crippen LogP contribution in [0.15, 0.2) is 65.0 Å². The predicted octanol–water partition coefficient (Wildman–Crippen LogP) is 5.29. The lowest BCUT2D eigenvalue weighted by atomic mass is 9.80. The number of hydrogen-bond acceptors (Lipinski definition) is 7. The summed E-state index contributed by atoms with van der Waals surface area (Å²) < 4.78 is 22.6. The van der Waals surface area contributed by atoms with Gasteiger partial charge in [-0.1, -0.05) is 35.9 Å². The fourth-order valence-corrected chi connectivity index (χ4v) is 4.20. The van der Waals surface area contributed by atoms with E-state index < -0.39 is 17.9 Å². The molecule has 35 heavy (non-hydrogen) atoms. The van der Waals surface area contributed by atoms with E-state index in [-0.39, 0.29) is 19.8 Å². The molecular weight excluding hydrogens is 470 g/mol. The highest BCUT2D eigenvalue weighted by Gasteiger charge is 2.40. The van der Waals surface area contributed by atoms with Gasteiger partial charge in [-0.2, -0.15) is 0 Å². The van der Waals surface area contributed by atoms with Gasteiger partial charge in [0.05, 0.1) is 37.4 Å². The van der Waals surface area contributed by atoms with E-state index in [2.05, 4.69) is 5.32 Å². The van der Waals surface area contributed by atoms with Gasteiger partial charge in [0.1, 0.15) is 6.61 Å². The molecule has 0 spiro atoms. The van der Waals surface area contributed by atoms with E-state index in [9.17, 15) is 9.59 Å². The van der Waals surface area contributed by atoms with Crippen LogP contribution in [-0.2, 0) is 25.7 Å². The molecule has 0 saturated carbocycles. The van der Waals surface area contributed by atoms with Crippen molar-refractivity contribution in [2.45, 2.75) is 40.2 Å². The Kier molecular flexibility index (Phi) is 8.82. The second-order valence-corrected chi connectivity index (χ2v) is 8.31. The molecule has 0 amide bonds. The van der Waals surface area contributed by atoms with Crippen LogP contribution in [0.5, 0.6) is 11.5 Å². The molecule has 186 valence electrons. The lowest BCUT2D eigenvalue weighted by Gasteiger charge is -2.31. The first-order chi connectivity index (χ1) is 16.8. The van der Waals surface area contributed by atoms with Gasteiger partial charge < -0.3 is 24.3 Å². The molecule has 0 bridgehead atoms. The number of ether oxygens (including phenoxy) is 4. The summed E-state index contributed by atoms with van der Waals surface area (Å²) in [7, 11) is 1.54. The monoisotopic (exact) mass is 499 g/mol. The maximum Gasteiger partial charge on any atom is 0.336 e. The van der Waals surface area contributed by atoms with Gasteiger partial charge in [-0.25, -0.2) is 9.59 Å². The summed E-state index contributed by atoms with van der Waals surface area (Å²) in [5.41, 5.74) is 3.28. The highest BCUT2D eigenvalue weighted by molar-refractivity contribution is 6.30. The number of para-hydroxylation sites is 1. The SMILES string of the molecule is CCOC(=O)C1=C(C)NC(C)=C(C(=O)OCC)C1c1cccc(OC)c1OCc1ccc(Cl)cc1. The van der Waals surface area contributed by atoms with E-state index >= 15 is 0 Å². The zero-order valence-corrected chi connectivity index (χ0v) is 21.3. The topological polar surface area (TPSA) is 83.1 Å². The Morgan fingerprint density at radius 2 is 1.49 bits per heavy atom. The minimum Gasteiger partial charge on any atom is -0.493 e. The van der Waals surface area contributed by atoms with E-state index in [1.807, 2.05) is 18.2 Å². The van der Waals surface area contributed by atoms with Crippen LogP contribution in [0.2, 0.25) is 5.02 Å². The number of benzene rings is 2. The van der Waals surface area contributed by atoms with Crippen LogP contribution in [0.3, 0.4) is 0 Å². The van der Waals surface area contributed by atoms with E-state index in [4.69, 9.17) is 30.5 Å². The molecule has 8 heteroatoms. The fourth-order valence-electron chi connectivity index (χ4n) is 4.08. The predicted molar refractivity (Wildman–Crippen MR) is 133 cm³/mol. The first-order valence-electron chi connectivity index (χ1n) is 11.4. The van der Waals surface area contributed by atoms with Crippen LogP contribution in [0.4, 0.5) is 0 Å². The zero-order valence-electron chi connectivity index (χ0n) is 20.6. The first-order valence-corrected chi connectivity index (χ1v) is 11.8. The van der Waals surface area contributed by atoms with Gasteiger partial charge in [-0.05, 0) is 51.5 Å². The van der Waals surface area contributed by atoms with E-state index in [1.165, 1.54) is 7.11 Å². The van der Waals surface area contributed by atoms with Crippen molar-refractivity contribution in [3.63, 3.8) is 0 Å². The number of esters is 2. The molecular formula is C27H30ClNO6. The number of nitrogens with one attached hydrogen (secondary N) is 1. The second-order valence-electron chi connectivity index (χ2n) is 7.87. The number of carbonyl (C=O) groups excluding carboxylic acids is 2. The maximum absolute atomic E-state index is 13.1. The van der Waals surface area contributed by atoms with Crippen molar-refractivity contribution in [2.75, 3.05) is 20.3 Å². The molecule has 1 aliphatic rings. The molecule has 3 rings (SSSR count). The molecule has 2 aromatic rings. The third kappa shape index (κ3) is 5.80. The summed E-state index contributed by atoms with van der Waals surface area (Å²) in [6.07, 6.45) is 0. The van der Waals surface area contributed by atoms with Gasteiger partial charge in [0.25, 0.3) is 0 Å². The largest absolute Gasteiger partial charge is 0.493 e. The molecule has 1 N–H and O–H groups in total. The van der Waals surface area contributed by atoms with Crippen LogP contribution in [0, 0.1) is 0 Å². The Morgan fingerprint density at radius 1 is 0.914 bits per heavy atom. The number of allylic oxidation sites excluding steroid dienone is 2. The third-order valence-electron chi connectivity index (χ3n) is 5.59. The number of hydrogen-bond donors (Lipinski definition) is 1. The Bertz CT molecular complexity index is 1110. The lowest BCUT2D eigenvalue weighted by molar-refractivity contribution is -0.139. The Labute approximate surface area is 210 Å². The van der Waals surface area contributed by atoms with Gasteiger partial charge in [0.2, 0.25) is 0 Å². The zero-order chi connectivity index (χ0) is 25.5. The van der Waals surface area contributed by atoms with Gasteiger partial charge in [0.15, 0.2) is 11.5 Å². The van der Waals surface area contributed by atoms with Crippen molar-refractivity contribution in [1.29, 1.82) is 0 Å².